The third kappa shape index (κ3) is 4.44. The predicted octanol–water partition coefficient (Wildman–Crippen LogP) is 5.07. The van der Waals surface area contributed by atoms with Gasteiger partial charge in [-0.3, -0.25) is 4.90 Å². The Labute approximate surface area is 181 Å². The van der Waals surface area contributed by atoms with E-state index in [0.717, 1.165) is 34.5 Å². The first kappa shape index (κ1) is 19.7. The summed E-state index contributed by atoms with van der Waals surface area (Å²) in [5, 5.41) is 4.42. The van der Waals surface area contributed by atoms with Crippen molar-refractivity contribution in [1.82, 2.24) is 19.5 Å². The summed E-state index contributed by atoms with van der Waals surface area (Å²) in [6, 6.07) is 14.6. The van der Waals surface area contributed by atoms with Gasteiger partial charge in [0.25, 0.3) is 0 Å². The van der Waals surface area contributed by atoms with Gasteiger partial charge in [-0.1, -0.05) is 30.7 Å². The summed E-state index contributed by atoms with van der Waals surface area (Å²) >= 11 is 0. The first-order valence-electron chi connectivity index (χ1n) is 10.8. The molecule has 0 atom stereocenters. The number of aromatic nitrogens is 3. The van der Waals surface area contributed by atoms with Crippen molar-refractivity contribution in [3.8, 4) is 28.0 Å². The average molecular weight is 417 g/mol. The van der Waals surface area contributed by atoms with Gasteiger partial charge in [0.15, 0.2) is 5.65 Å². The van der Waals surface area contributed by atoms with Crippen LogP contribution in [0.1, 0.15) is 19.3 Å². The van der Waals surface area contributed by atoms with Crippen LogP contribution in [0, 0.1) is 5.82 Å². The van der Waals surface area contributed by atoms with Gasteiger partial charge in [-0.25, -0.2) is 13.9 Å². The topological polar surface area (TPSA) is 42.7 Å². The Bertz CT molecular complexity index is 1170. The van der Waals surface area contributed by atoms with Crippen LogP contribution in [0.5, 0.6) is 5.75 Å². The monoisotopic (exact) mass is 416 g/mol. The lowest BCUT2D eigenvalue weighted by Crippen LogP contribution is -2.33. The van der Waals surface area contributed by atoms with Gasteiger partial charge in [0.1, 0.15) is 18.2 Å². The summed E-state index contributed by atoms with van der Waals surface area (Å²) in [7, 11) is 0. The molecule has 1 fully saturated rings. The first-order valence-corrected chi connectivity index (χ1v) is 10.8. The molecule has 0 spiro atoms. The lowest BCUT2D eigenvalue weighted by atomic mass is 10.1. The number of halogens is 1. The highest BCUT2D eigenvalue weighted by Gasteiger charge is 2.11. The molecule has 1 aliphatic rings. The highest BCUT2D eigenvalue weighted by Crippen LogP contribution is 2.27. The van der Waals surface area contributed by atoms with Crippen LogP contribution in [-0.4, -0.2) is 45.7 Å². The molecule has 0 bridgehead atoms. The molecule has 6 heteroatoms. The Morgan fingerprint density at radius 3 is 2.55 bits per heavy atom. The van der Waals surface area contributed by atoms with E-state index in [1.165, 1.54) is 44.5 Å². The van der Waals surface area contributed by atoms with E-state index in [2.05, 4.69) is 15.0 Å². The highest BCUT2D eigenvalue weighted by atomic mass is 19.1. The van der Waals surface area contributed by atoms with E-state index in [-0.39, 0.29) is 5.82 Å². The zero-order chi connectivity index (χ0) is 21.0. The minimum absolute atomic E-state index is 0.272. The maximum atomic E-state index is 13.6. The minimum Gasteiger partial charge on any atom is -0.492 e. The largest absolute Gasteiger partial charge is 0.492 e. The zero-order valence-electron chi connectivity index (χ0n) is 17.4. The summed E-state index contributed by atoms with van der Waals surface area (Å²) in [5.74, 6) is 0.606. The van der Waals surface area contributed by atoms with E-state index in [9.17, 15) is 4.39 Å². The quantitative estimate of drug-likeness (QED) is 0.440. The fourth-order valence-electron chi connectivity index (χ4n) is 4.10. The van der Waals surface area contributed by atoms with Crippen molar-refractivity contribution < 1.29 is 9.13 Å². The minimum atomic E-state index is -0.272. The van der Waals surface area contributed by atoms with Gasteiger partial charge in [-0.05, 0) is 61.3 Å². The van der Waals surface area contributed by atoms with Gasteiger partial charge < -0.3 is 4.74 Å². The maximum absolute atomic E-state index is 13.6. The number of fused-ring (bicyclic) bond motifs is 1. The number of hydrogen-bond acceptors (Lipinski definition) is 4. The summed E-state index contributed by atoms with van der Waals surface area (Å²) in [5.41, 5.74) is 4.28. The van der Waals surface area contributed by atoms with E-state index in [4.69, 9.17) is 4.74 Å². The molecule has 0 N–H and O–H groups in total. The van der Waals surface area contributed by atoms with Crippen molar-refractivity contribution in [1.29, 1.82) is 0 Å². The van der Waals surface area contributed by atoms with E-state index in [1.54, 1.807) is 16.8 Å². The van der Waals surface area contributed by atoms with Crippen molar-refractivity contribution >= 4 is 5.65 Å². The SMILES string of the molecule is Fc1cccc(-c2cnn3cc(-c4ccc(OCCN5CCCCC5)cc4)cnc23)c1. The molecule has 0 aliphatic carbocycles. The fourth-order valence-corrected chi connectivity index (χ4v) is 4.10. The van der Waals surface area contributed by atoms with Crippen molar-refractivity contribution in [2.45, 2.75) is 19.3 Å². The number of piperidine rings is 1. The second-order valence-corrected chi connectivity index (χ2v) is 7.95. The molecule has 2 aromatic carbocycles. The Hall–Kier alpha value is -3.25. The van der Waals surface area contributed by atoms with Crippen LogP contribution in [0.3, 0.4) is 0 Å². The smallest absolute Gasteiger partial charge is 0.162 e. The molecule has 0 amide bonds. The summed E-state index contributed by atoms with van der Waals surface area (Å²) in [4.78, 5) is 7.06. The Balaban J connectivity index is 1.28. The van der Waals surface area contributed by atoms with Gasteiger partial charge in [-0.2, -0.15) is 5.10 Å². The molecule has 0 unspecified atom stereocenters. The van der Waals surface area contributed by atoms with E-state index < -0.39 is 0 Å². The summed E-state index contributed by atoms with van der Waals surface area (Å²) in [6.45, 7) is 4.07. The third-order valence-electron chi connectivity index (χ3n) is 5.80. The van der Waals surface area contributed by atoms with E-state index in [0.29, 0.717) is 12.3 Å². The molecule has 1 aliphatic heterocycles. The molecule has 0 radical (unpaired) electrons. The van der Waals surface area contributed by atoms with E-state index >= 15 is 0 Å². The molecular formula is C25H25FN4O. The van der Waals surface area contributed by atoms with Crippen LogP contribution in [0.2, 0.25) is 0 Å². The molecule has 158 valence electrons. The summed E-state index contributed by atoms with van der Waals surface area (Å²) in [6.07, 6.45) is 9.44. The molecule has 1 saturated heterocycles. The lowest BCUT2D eigenvalue weighted by Gasteiger charge is -2.26. The molecule has 4 aromatic rings. The molecule has 5 rings (SSSR count). The van der Waals surface area contributed by atoms with Crippen LogP contribution < -0.4 is 4.74 Å². The van der Waals surface area contributed by atoms with Crippen LogP contribution in [0.25, 0.3) is 27.9 Å². The number of rotatable bonds is 6. The van der Waals surface area contributed by atoms with Crippen LogP contribution in [-0.2, 0) is 0 Å². The second kappa shape index (κ2) is 8.86. The van der Waals surface area contributed by atoms with Crippen molar-refractivity contribution in [3.63, 3.8) is 0 Å². The Morgan fingerprint density at radius 2 is 1.74 bits per heavy atom. The highest BCUT2D eigenvalue weighted by molar-refractivity contribution is 5.77. The first-order chi connectivity index (χ1) is 15.3. The molecule has 3 heterocycles. The number of benzene rings is 2. The van der Waals surface area contributed by atoms with Crippen molar-refractivity contribution in [3.05, 3.63) is 72.9 Å². The second-order valence-electron chi connectivity index (χ2n) is 7.95. The van der Waals surface area contributed by atoms with Gasteiger partial charge >= 0.3 is 0 Å². The lowest BCUT2D eigenvalue weighted by molar-refractivity contribution is 0.183. The van der Waals surface area contributed by atoms with Crippen molar-refractivity contribution in [2.75, 3.05) is 26.2 Å². The van der Waals surface area contributed by atoms with Crippen LogP contribution in [0.15, 0.2) is 67.1 Å². The fraction of sp³-hybridized carbons (Fsp3) is 0.280. The predicted molar refractivity (Wildman–Crippen MR) is 120 cm³/mol. The van der Waals surface area contributed by atoms with E-state index in [1.807, 2.05) is 42.7 Å². The molecule has 0 saturated carbocycles. The van der Waals surface area contributed by atoms with Gasteiger partial charge in [0.2, 0.25) is 0 Å². The van der Waals surface area contributed by atoms with Gasteiger partial charge in [0, 0.05) is 30.1 Å². The van der Waals surface area contributed by atoms with Gasteiger partial charge in [0.05, 0.1) is 6.20 Å². The zero-order valence-corrected chi connectivity index (χ0v) is 17.4. The molecule has 31 heavy (non-hydrogen) atoms. The summed E-state index contributed by atoms with van der Waals surface area (Å²) < 4.78 is 21.3. The maximum Gasteiger partial charge on any atom is 0.162 e. The number of hydrogen-bond donors (Lipinski definition) is 0. The van der Waals surface area contributed by atoms with Crippen molar-refractivity contribution in [2.24, 2.45) is 0 Å². The Morgan fingerprint density at radius 1 is 0.903 bits per heavy atom. The number of ether oxygens (including phenoxy) is 1. The van der Waals surface area contributed by atoms with Crippen LogP contribution in [0.4, 0.5) is 4.39 Å². The normalized spacial score (nSPS) is 14.7. The van der Waals surface area contributed by atoms with Crippen LogP contribution >= 0.6 is 0 Å². The molecular weight excluding hydrogens is 391 g/mol. The standard InChI is InChI=1S/C25H25FN4O/c26-22-6-4-5-20(15-22)24-17-28-30-18-21(16-27-25(24)30)19-7-9-23(10-8-19)31-14-13-29-11-2-1-3-12-29/h4-10,15-18H,1-3,11-14H2. The Kier molecular flexibility index (Phi) is 5.63. The number of likely N-dealkylation sites (tertiary alicyclic amines) is 1. The average Bonchev–Trinajstić information content (AvgIpc) is 3.24. The number of nitrogens with zero attached hydrogens (tertiary/aromatic N) is 4. The van der Waals surface area contributed by atoms with Gasteiger partial charge in [-0.15, -0.1) is 0 Å². The molecule has 5 nitrogen and oxygen atoms in total. The third-order valence-corrected chi connectivity index (χ3v) is 5.80. The molecule has 2 aromatic heterocycles.